The molecule has 3 N–H and O–H groups in total. The van der Waals surface area contributed by atoms with E-state index >= 15 is 0 Å². The molecule has 0 saturated carbocycles. The zero-order valence-electron chi connectivity index (χ0n) is 11.7. The van der Waals surface area contributed by atoms with Crippen LogP contribution in [0.5, 0.6) is 0 Å². The Hall–Kier alpha value is -1.10. The highest BCUT2D eigenvalue weighted by Crippen LogP contribution is 2.19. The molecule has 0 spiro atoms. The van der Waals surface area contributed by atoms with E-state index in [1.54, 1.807) is 0 Å². The van der Waals surface area contributed by atoms with Gasteiger partial charge in [-0.25, -0.2) is 0 Å². The summed E-state index contributed by atoms with van der Waals surface area (Å²) in [6.45, 7) is 9.99. The molecule has 5 heteroatoms. The quantitative estimate of drug-likeness (QED) is 0.653. The van der Waals surface area contributed by atoms with E-state index in [0.29, 0.717) is 30.8 Å². The lowest BCUT2D eigenvalue weighted by atomic mass is 9.85. The van der Waals surface area contributed by atoms with Gasteiger partial charge in [-0.1, -0.05) is 27.7 Å². The van der Waals surface area contributed by atoms with Crippen LogP contribution in [0.3, 0.4) is 0 Å². The van der Waals surface area contributed by atoms with Gasteiger partial charge in [-0.3, -0.25) is 14.9 Å². The second-order valence-electron chi connectivity index (χ2n) is 5.63. The molecule has 0 aliphatic carbocycles. The van der Waals surface area contributed by atoms with Crippen LogP contribution in [0.15, 0.2) is 0 Å². The van der Waals surface area contributed by atoms with Crippen LogP contribution in [0, 0.1) is 17.8 Å². The van der Waals surface area contributed by atoms with Crippen molar-refractivity contribution in [3.63, 3.8) is 0 Å². The third-order valence-corrected chi connectivity index (χ3v) is 3.55. The van der Waals surface area contributed by atoms with Gasteiger partial charge in [-0.2, -0.15) is 0 Å². The second kappa shape index (κ2) is 6.73. The Morgan fingerprint density at radius 1 is 1.33 bits per heavy atom. The van der Waals surface area contributed by atoms with Crippen LogP contribution in [-0.4, -0.2) is 37.5 Å². The molecular formula is C13H25N3O2. The first-order valence-corrected chi connectivity index (χ1v) is 6.69. The maximum atomic E-state index is 11.9. The topological polar surface area (TPSA) is 70.2 Å². The van der Waals surface area contributed by atoms with Gasteiger partial charge < -0.3 is 10.6 Å². The van der Waals surface area contributed by atoms with Crippen molar-refractivity contribution in [3.8, 4) is 0 Å². The number of hydrogen-bond acceptors (Lipinski definition) is 3. The van der Waals surface area contributed by atoms with Gasteiger partial charge in [0.25, 0.3) is 0 Å². The lowest BCUT2D eigenvalue weighted by Crippen LogP contribution is -2.58. The zero-order valence-corrected chi connectivity index (χ0v) is 11.7. The predicted molar refractivity (Wildman–Crippen MR) is 71.0 cm³/mol. The van der Waals surface area contributed by atoms with Crippen molar-refractivity contribution in [2.75, 3.05) is 19.6 Å². The van der Waals surface area contributed by atoms with Crippen molar-refractivity contribution in [2.24, 2.45) is 17.8 Å². The van der Waals surface area contributed by atoms with Crippen molar-refractivity contribution in [3.05, 3.63) is 0 Å². The molecule has 1 atom stereocenters. The Morgan fingerprint density at radius 2 is 1.94 bits per heavy atom. The van der Waals surface area contributed by atoms with E-state index in [0.717, 1.165) is 0 Å². The number of nitrogens with one attached hydrogen (secondary N) is 3. The molecule has 2 amide bonds. The van der Waals surface area contributed by atoms with Crippen molar-refractivity contribution < 1.29 is 9.59 Å². The molecule has 1 rings (SSSR count). The van der Waals surface area contributed by atoms with Crippen molar-refractivity contribution >= 4 is 11.8 Å². The summed E-state index contributed by atoms with van der Waals surface area (Å²) in [6.07, 6.45) is 0. The van der Waals surface area contributed by atoms with Crippen LogP contribution < -0.4 is 16.0 Å². The minimum absolute atomic E-state index is 0.0266. The van der Waals surface area contributed by atoms with E-state index in [2.05, 4.69) is 43.6 Å². The number of amides is 2. The third-order valence-electron chi connectivity index (χ3n) is 3.55. The number of rotatable bonds is 5. The number of carbonyl (C=O) groups is 2. The van der Waals surface area contributed by atoms with E-state index in [4.69, 9.17) is 0 Å². The summed E-state index contributed by atoms with van der Waals surface area (Å²) in [5.74, 6) is 1.49. The van der Waals surface area contributed by atoms with E-state index in [1.807, 2.05) is 0 Å². The van der Waals surface area contributed by atoms with Gasteiger partial charge >= 0.3 is 0 Å². The van der Waals surface area contributed by atoms with E-state index < -0.39 is 0 Å². The van der Waals surface area contributed by atoms with Gasteiger partial charge in [0.05, 0.1) is 6.54 Å². The van der Waals surface area contributed by atoms with Crippen LogP contribution in [0.25, 0.3) is 0 Å². The molecule has 1 aliphatic heterocycles. The molecule has 1 aliphatic rings. The Morgan fingerprint density at radius 3 is 2.39 bits per heavy atom. The number of carbonyl (C=O) groups excluding carboxylic acids is 2. The van der Waals surface area contributed by atoms with Crippen molar-refractivity contribution in [1.29, 1.82) is 0 Å². The van der Waals surface area contributed by atoms with Crippen LogP contribution in [0.2, 0.25) is 0 Å². The Balaban J connectivity index is 2.38. The van der Waals surface area contributed by atoms with E-state index in [9.17, 15) is 9.59 Å². The van der Waals surface area contributed by atoms with Crippen LogP contribution in [0.1, 0.15) is 27.7 Å². The van der Waals surface area contributed by atoms with Crippen LogP contribution >= 0.6 is 0 Å². The summed E-state index contributed by atoms with van der Waals surface area (Å²) in [6, 6.07) is -0.303. The molecule has 1 heterocycles. The predicted octanol–water partition coefficient (Wildman–Crippen LogP) is 0.119. The molecule has 0 radical (unpaired) electrons. The van der Waals surface area contributed by atoms with Crippen molar-refractivity contribution in [2.45, 2.75) is 33.7 Å². The first-order chi connectivity index (χ1) is 8.41. The maximum absolute atomic E-state index is 11.9. The fourth-order valence-corrected chi connectivity index (χ4v) is 2.33. The number of hydrogen-bond donors (Lipinski definition) is 3. The largest absolute Gasteiger partial charge is 0.354 e. The highest BCUT2D eigenvalue weighted by Gasteiger charge is 2.25. The van der Waals surface area contributed by atoms with E-state index in [1.165, 1.54) is 0 Å². The lowest BCUT2D eigenvalue weighted by molar-refractivity contribution is -0.126. The third kappa shape index (κ3) is 4.29. The molecule has 1 saturated heterocycles. The monoisotopic (exact) mass is 255 g/mol. The minimum Gasteiger partial charge on any atom is -0.354 e. The van der Waals surface area contributed by atoms with Crippen LogP contribution in [0.4, 0.5) is 0 Å². The summed E-state index contributed by atoms with van der Waals surface area (Å²) in [5.41, 5.74) is 0. The second-order valence-corrected chi connectivity index (χ2v) is 5.63. The normalized spacial score (nSPS) is 20.4. The summed E-state index contributed by atoms with van der Waals surface area (Å²) in [7, 11) is 0. The average molecular weight is 255 g/mol. The summed E-state index contributed by atoms with van der Waals surface area (Å²) in [4.78, 5) is 22.9. The minimum atomic E-state index is -0.303. The van der Waals surface area contributed by atoms with Gasteiger partial charge in [-0.15, -0.1) is 0 Å². The fourth-order valence-electron chi connectivity index (χ4n) is 2.33. The highest BCUT2D eigenvalue weighted by molar-refractivity contribution is 5.86. The molecule has 0 aromatic heterocycles. The Kier molecular flexibility index (Phi) is 5.59. The molecular weight excluding hydrogens is 230 g/mol. The first-order valence-electron chi connectivity index (χ1n) is 6.69. The number of piperazine rings is 1. The molecule has 0 bridgehead atoms. The van der Waals surface area contributed by atoms with Gasteiger partial charge in [-0.05, 0) is 17.8 Å². The molecule has 18 heavy (non-hydrogen) atoms. The maximum Gasteiger partial charge on any atom is 0.238 e. The van der Waals surface area contributed by atoms with Gasteiger partial charge in [0.15, 0.2) is 0 Å². The molecule has 1 fully saturated rings. The first kappa shape index (κ1) is 15.0. The molecule has 5 nitrogen and oxygen atoms in total. The Labute approximate surface area is 109 Å². The van der Waals surface area contributed by atoms with Crippen LogP contribution in [-0.2, 0) is 9.59 Å². The summed E-state index contributed by atoms with van der Waals surface area (Å²) in [5, 5.41) is 8.59. The Bertz CT molecular complexity index is 285. The lowest BCUT2D eigenvalue weighted by Gasteiger charge is -2.27. The summed E-state index contributed by atoms with van der Waals surface area (Å²) >= 11 is 0. The van der Waals surface area contributed by atoms with Gasteiger partial charge in [0, 0.05) is 13.1 Å². The average Bonchev–Trinajstić information content (AvgIpc) is 2.28. The zero-order chi connectivity index (χ0) is 13.7. The molecule has 0 aromatic rings. The SMILES string of the molecule is CC(C)C(CNC(=O)C1CNC(=O)CN1)C(C)C. The molecule has 1 unspecified atom stereocenters. The van der Waals surface area contributed by atoms with Crippen molar-refractivity contribution in [1.82, 2.24) is 16.0 Å². The smallest absolute Gasteiger partial charge is 0.238 e. The standard InChI is InChI=1S/C13H25N3O2/c1-8(2)10(9(3)4)5-16-13(18)11-6-15-12(17)7-14-11/h8-11,14H,5-7H2,1-4H3,(H,15,17)(H,16,18). The highest BCUT2D eigenvalue weighted by atomic mass is 16.2. The van der Waals surface area contributed by atoms with E-state index in [-0.39, 0.29) is 24.4 Å². The fraction of sp³-hybridized carbons (Fsp3) is 0.846. The van der Waals surface area contributed by atoms with Gasteiger partial charge in [0.1, 0.15) is 6.04 Å². The van der Waals surface area contributed by atoms with Gasteiger partial charge in [0.2, 0.25) is 11.8 Å². The molecule has 104 valence electrons. The molecule has 0 aromatic carbocycles. The summed E-state index contributed by atoms with van der Waals surface area (Å²) < 4.78 is 0.